The summed E-state index contributed by atoms with van der Waals surface area (Å²) in [5, 5.41) is 5.69. The highest BCUT2D eigenvalue weighted by molar-refractivity contribution is 6.46. The fourth-order valence-corrected chi connectivity index (χ4v) is 3.92. The van der Waals surface area contributed by atoms with Gasteiger partial charge in [-0.05, 0) is 49.2 Å². The van der Waals surface area contributed by atoms with Gasteiger partial charge in [-0.3, -0.25) is 9.79 Å². The van der Waals surface area contributed by atoms with Gasteiger partial charge in [0, 0.05) is 37.2 Å². The molecule has 0 saturated carbocycles. The fourth-order valence-electron chi connectivity index (χ4n) is 3.74. The van der Waals surface area contributed by atoms with Crippen LogP contribution in [0.3, 0.4) is 0 Å². The molecule has 0 radical (unpaired) electrons. The lowest BCUT2D eigenvalue weighted by atomic mass is 9.98. The molecule has 2 aliphatic rings. The number of rotatable bonds is 2. The molecule has 2 aliphatic heterocycles. The summed E-state index contributed by atoms with van der Waals surface area (Å²) in [4.78, 5) is 31.5. The third-order valence-electron chi connectivity index (χ3n) is 5.72. The van der Waals surface area contributed by atoms with Crippen LogP contribution in [0.2, 0.25) is 5.02 Å². The highest BCUT2D eigenvalue weighted by Crippen LogP contribution is 2.29. The smallest absolute Gasteiger partial charge is 0.321 e. The topological polar surface area (TPSA) is 73.8 Å². The lowest BCUT2D eigenvalue weighted by Gasteiger charge is -2.37. The van der Waals surface area contributed by atoms with Gasteiger partial charge in [0.15, 0.2) is 0 Å². The molecule has 1 saturated heterocycles. The van der Waals surface area contributed by atoms with E-state index < -0.39 is 11.5 Å². The lowest BCUT2D eigenvalue weighted by molar-refractivity contribution is -0.115. The molecule has 2 aromatic rings. The lowest BCUT2D eigenvalue weighted by Crippen LogP contribution is -2.53. The van der Waals surface area contributed by atoms with E-state index >= 15 is 0 Å². The molecule has 2 aromatic carbocycles. The summed E-state index contributed by atoms with van der Waals surface area (Å²) in [6, 6.07) is 9.62. The number of benzene rings is 2. The Morgan fingerprint density at radius 1 is 1.17 bits per heavy atom. The summed E-state index contributed by atoms with van der Waals surface area (Å²) in [7, 11) is 0. The van der Waals surface area contributed by atoms with Gasteiger partial charge in [0.1, 0.15) is 17.2 Å². The number of urea groups is 1. The Hall–Kier alpha value is -2.93. The largest absolute Gasteiger partial charge is 0.326 e. The zero-order valence-electron chi connectivity index (χ0n) is 16.8. The van der Waals surface area contributed by atoms with Gasteiger partial charge < -0.3 is 15.5 Å². The number of carbonyl (C=O) groups excluding carboxylic acids is 2. The van der Waals surface area contributed by atoms with Crippen molar-refractivity contribution in [3.05, 3.63) is 63.9 Å². The molecular formula is C22H22ClFN4O2. The normalized spacial score (nSPS) is 17.7. The highest BCUT2D eigenvalue weighted by atomic mass is 35.5. The van der Waals surface area contributed by atoms with Crippen molar-refractivity contribution in [2.45, 2.75) is 32.4 Å². The van der Waals surface area contributed by atoms with E-state index in [1.807, 2.05) is 32.0 Å². The van der Waals surface area contributed by atoms with E-state index in [9.17, 15) is 14.0 Å². The van der Waals surface area contributed by atoms with Crippen LogP contribution < -0.4 is 10.6 Å². The van der Waals surface area contributed by atoms with Crippen molar-refractivity contribution in [3.63, 3.8) is 0 Å². The number of hydrogen-bond acceptors (Lipinski definition) is 3. The molecule has 0 aliphatic carbocycles. The maximum Gasteiger partial charge on any atom is 0.321 e. The van der Waals surface area contributed by atoms with Crippen LogP contribution in [0.15, 0.2) is 41.4 Å². The first-order chi connectivity index (χ1) is 14.3. The molecule has 4 rings (SSSR count). The Labute approximate surface area is 179 Å². The number of piperidine rings is 1. The van der Waals surface area contributed by atoms with Crippen LogP contribution in [0.1, 0.15) is 29.5 Å². The van der Waals surface area contributed by atoms with Crippen molar-refractivity contribution >= 4 is 34.9 Å². The zero-order valence-corrected chi connectivity index (χ0v) is 17.5. The molecular weight excluding hydrogens is 407 g/mol. The van der Waals surface area contributed by atoms with Crippen molar-refractivity contribution in [2.24, 2.45) is 4.99 Å². The van der Waals surface area contributed by atoms with Crippen molar-refractivity contribution in [2.75, 3.05) is 18.4 Å². The molecule has 0 aromatic heterocycles. The average Bonchev–Trinajstić information content (AvgIpc) is 3.03. The van der Waals surface area contributed by atoms with Gasteiger partial charge >= 0.3 is 6.03 Å². The van der Waals surface area contributed by atoms with E-state index in [0.29, 0.717) is 37.3 Å². The quantitative estimate of drug-likeness (QED) is 0.757. The van der Waals surface area contributed by atoms with Crippen LogP contribution in [0, 0.1) is 19.7 Å². The summed E-state index contributed by atoms with van der Waals surface area (Å²) in [5.41, 5.74) is 3.26. The summed E-state index contributed by atoms with van der Waals surface area (Å²) in [6.45, 7) is 4.90. The van der Waals surface area contributed by atoms with Crippen molar-refractivity contribution in [3.8, 4) is 0 Å². The number of halogens is 2. The predicted octanol–water partition coefficient (Wildman–Crippen LogP) is 4.04. The Bertz CT molecular complexity index is 1060. The highest BCUT2D eigenvalue weighted by Gasteiger charge is 2.42. The van der Waals surface area contributed by atoms with E-state index in [1.165, 1.54) is 18.2 Å². The molecule has 1 spiro atoms. The first-order valence-electron chi connectivity index (χ1n) is 9.77. The third kappa shape index (κ3) is 3.89. The summed E-state index contributed by atoms with van der Waals surface area (Å²) in [6.07, 6.45) is 1.04. The Morgan fingerprint density at radius 2 is 1.90 bits per heavy atom. The number of carbonyl (C=O) groups is 2. The Kier molecular flexibility index (Phi) is 5.24. The van der Waals surface area contributed by atoms with Gasteiger partial charge in [-0.15, -0.1) is 0 Å². The molecule has 0 bridgehead atoms. The number of anilines is 1. The second-order valence-electron chi connectivity index (χ2n) is 7.79. The number of hydrogen-bond donors (Lipinski definition) is 2. The van der Waals surface area contributed by atoms with Gasteiger partial charge in [-0.25, -0.2) is 9.18 Å². The predicted molar refractivity (Wildman–Crippen MR) is 115 cm³/mol. The van der Waals surface area contributed by atoms with Crippen molar-refractivity contribution in [1.82, 2.24) is 10.2 Å². The van der Waals surface area contributed by atoms with Gasteiger partial charge in [-0.1, -0.05) is 23.7 Å². The number of nitrogens with zero attached hydrogens (tertiary/aromatic N) is 2. The van der Waals surface area contributed by atoms with Gasteiger partial charge in [0.2, 0.25) is 0 Å². The number of aryl methyl sites for hydroxylation is 2. The summed E-state index contributed by atoms with van der Waals surface area (Å²) < 4.78 is 13.3. The van der Waals surface area contributed by atoms with Crippen LogP contribution >= 0.6 is 11.6 Å². The molecule has 8 heteroatoms. The molecule has 156 valence electrons. The van der Waals surface area contributed by atoms with Crippen LogP contribution in [-0.2, 0) is 4.79 Å². The zero-order chi connectivity index (χ0) is 21.5. The van der Waals surface area contributed by atoms with Gasteiger partial charge in [0.05, 0.1) is 5.02 Å². The minimum atomic E-state index is -0.679. The van der Waals surface area contributed by atoms with Crippen LogP contribution in [-0.4, -0.2) is 41.3 Å². The minimum Gasteiger partial charge on any atom is -0.326 e. The van der Waals surface area contributed by atoms with Crippen LogP contribution in [0.4, 0.5) is 14.9 Å². The van der Waals surface area contributed by atoms with E-state index in [2.05, 4.69) is 10.6 Å². The average molecular weight is 429 g/mol. The molecule has 1 fully saturated rings. The van der Waals surface area contributed by atoms with E-state index in [4.69, 9.17) is 16.6 Å². The first kappa shape index (κ1) is 20.3. The molecule has 6 nitrogen and oxygen atoms in total. The van der Waals surface area contributed by atoms with Crippen molar-refractivity contribution < 1.29 is 14.0 Å². The number of amides is 3. The monoisotopic (exact) mass is 428 g/mol. The van der Waals surface area contributed by atoms with Gasteiger partial charge in [-0.2, -0.15) is 0 Å². The SMILES string of the molecule is Cc1ccc(C2=NC3(CCN(C(=O)Nc4ccc(F)c(Cl)c4)CC3)NC2=O)cc1C. The van der Waals surface area contributed by atoms with E-state index in [1.54, 1.807) is 4.90 Å². The second-order valence-corrected chi connectivity index (χ2v) is 8.20. The van der Waals surface area contributed by atoms with Crippen LogP contribution in [0.25, 0.3) is 0 Å². The Balaban J connectivity index is 1.43. The molecule has 30 heavy (non-hydrogen) atoms. The number of likely N-dealkylation sites (tertiary alicyclic amines) is 1. The molecule has 3 amide bonds. The third-order valence-corrected chi connectivity index (χ3v) is 6.01. The van der Waals surface area contributed by atoms with E-state index in [-0.39, 0.29) is 17.0 Å². The second kappa shape index (κ2) is 7.72. The van der Waals surface area contributed by atoms with Crippen molar-refractivity contribution in [1.29, 1.82) is 0 Å². The Morgan fingerprint density at radius 3 is 2.57 bits per heavy atom. The molecule has 2 N–H and O–H groups in total. The minimum absolute atomic E-state index is 0.0488. The maximum absolute atomic E-state index is 13.3. The molecule has 0 atom stereocenters. The fraction of sp³-hybridized carbons (Fsp3) is 0.318. The number of aliphatic imine (C=N–C) groups is 1. The maximum atomic E-state index is 13.3. The molecule has 2 heterocycles. The summed E-state index contributed by atoms with van der Waals surface area (Å²) in [5.74, 6) is -0.721. The summed E-state index contributed by atoms with van der Waals surface area (Å²) >= 11 is 5.77. The molecule has 0 unspecified atom stereocenters. The van der Waals surface area contributed by atoms with Gasteiger partial charge in [0.25, 0.3) is 5.91 Å². The number of nitrogens with one attached hydrogen (secondary N) is 2. The first-order valence-corrected chi connectivity index (χ1v) is 10.2. The standard InChI is InChI=1S/C22H22ClFN4O2/c1-13-3-4-15(11-14(13)2)19-20(29)27-22(26-19)7-9-28(10-8-22)21(30)25-16-5-6-18(24)17(23)12-16/h3-6,11-12H,7-10H2,1-2H3,(H,25,30)(H,27,29). The van der Waals surface area contributed by atoms with E-state index in [0.717, 1.165) is 16.7 Å². The van der Waals surface area contributed by atoms with Crippen LogP contribution in [0.5, 0.6) is 0 Å².